The third kappa shape index (κ3) is 5.76. The number of aryl methyl sites for hydroxylation is 1. The summed E-state index contributed by atoms with van der Waals surface area (Å²) in [5.74, 6) is 0.185. The SMILES string of the molecule is CC[C@@H](NC(=O)OC(C)(C)C)c1cncn1CCC(=O)N1CCCC1. The molecule has 1 saturated heterocycles. The second kappa shape index (κ2) is 8.36. The Bertz CT molecular complexity index is 585. The van der Waals surface area contributed by atoms with Crippen molar-refractivity contribution in [1.82, 2.24) is 19.8 Å². The van der Waals surface area contributed by atoms with Gasteiger partial charge in [0.15, 0.2) is 0 Å². The molecule has 1 N–H and O–H groups in total. The first kappa shape index (κ1) is 19.3. The molecule has 0 unspecified atom stereocenters. The van der Waals surface area contributed by atoms with Gasteiger partial charge in [-0.2, -0.15) is 0 Å². The molecule has 1 aromatic rings. The molecule has 0 saturated carbocycles. The molecule has 2 heterocycles. The van der Waals surface area contributed by atoms with Gasteiger partial charge in [0.1, 0.15) is 5.60 Å². The van der Waals surface area contributed by atoms with E-state index in [0.29, 0.717) is 19.4 Å². The number of nitrogens with one attached hydrogen (secondary N) is 1. The minimum Gasteiger partial charge on any atom is -0.444 e. The zero-order valence-corrected chi connectivity index (χ0v) is 15.7. The Morgan fingerprint density at radius 3 is 2.60 bits per heavy atom. The van der Waals surface area contributed by atoms with Gasteiger partial charge < -0.3 is 19.5 Å². The molecule has 1 aliphatic heterocycles. The van der Waals surface area contributed by atoms with E-state index in [1.807, 2.05) is 37.2 Å². The number of hydrogen-bond acceptors (Lipinski definition) is 4. The van der Waals surface area contributed by atoms with Gasteiger partial charge in [0, 0.05) is 26.1 Å². The molecule has 1 aliphatic rings. The Balaban J connectivity index is 1.95. The highest BCUT2D eigenvalue weighted by Crippen LogP contribution is 2.18. The molecule has 140 valence electrons. The zero-order valence-electron chi connectivity index (χ0n) is 15.7. The summed E-state index contributed by atoms with van der Waals surface area (Å²) in [4.78, 5) is 30.4. The Morgan fingerprint density at radius 2 is 2.00 bits per heavy atom. The third-order valence-electron chi connectivity index (χ3n) is 4.23. The summed E-state index contributed by atoms with van der Waals surface area (Å²) in [5.41, 5.74) is 0.354. The number of carbonyl (C=O) groups is 2. The van der Waals surface area contributed by atoms with Crippen molar-refractivity contribution in [3.05, 3.63) is 18.2 Å². The van der Waals surface area contributed by atoms with Gasteiger partial charge in [0.25, 0.3) is 0 Å². The molecule has 0 spiro atoms. The number of alkyl carbamates (subject to hydrolysis) is 1. The molecule has 7 heteroatoms. The highest BCUT2D eigenvalue weighted by atomic mass is 16.6. The maximum absolute atomic E-state index is 12.2. The van der Waals surface area contributed by atoms with Crippen LogP contribution >= 0.6 is 0 Å². The lowest BCUT2D eigenvalue weighted by Gasteiger charge is -2.24. The first-order valence-electron chi connectivity index (χ1n) is 9.07. The summed E-state index contributed by atoms with van der Waals surface area (Å²) in [6.07, 6.45) is 6.37. The maximum Gasteiger partial charge on any atom is 0.408 e. The number of rotatable bonds is 6. The summed E-state index contributed by atoms with van der Waals surface area (Å²) in [6.45, 7) is 9.80. The molecule has 1 atom stereocenters. The van der Waals surface area contributed by atoms with Crippen molar-refractivity contribution in [1.29, 1.82) is 0 Å². The normalized spacial score (nSPS) is 15.9. The van der Waals surface area contributed by atoms with Crippen molar-refractivity contribution >= 4 is 12.0 Å². The minimum atomic E-state index is -0.537. The topological polar surface area (TPSA) is 76.5 Å². The minimum absolute atomic E-state index is 0.185. The first-order chi connectivity index (χ1) is 11.8. The Hall–Kier alpha value is -2.05. The van der Waals surface area contributed by atoms with Gasteiger partial charge in [-0.1, -0.05) is 6.92 Å². The molecule has 0 aromatic carbocycles. The van der Waals surface area contributed by atoms with Gasteiger partial charge in [-0.15, -0.1) is 0 Å². The van der Waals surface area contributed by atoms with Crippen LogP contribution in [0.25, 0.3) is 0 Å². The maximum atomic E-state index is 12.2. The molecule has 2 amide bonds. The van der Waals surface area contributed by atoms with E-state index in [2.05, 4.69) is 10.3 Å². The lowest BCUT2D eigenvalue weighted by atomic mass is 10.1. The largest absolute Gasteiger partial charge is 0.444 e. The highest BCUT2D eigenvalue weighted by molar-refractivity contribution is 5.76. The van der Waals surface area contributed by atoms with E-state index in [1.165, 1.54) is 0 Å². The lowest BCUT2D eigenvalue weighted by molar-refractivity contribution is -0.130. The Morgan fingerprint density at radius 1 is 1.32 bits per heavy atom. The van der Waals surface area contributed by atoms with Crippen molar-refractivity contribution < 1.29 is 14.3 Å². The smallest absolute Gasteiger partial charge is 0.408 e. The summed E-state index contributed by atoms with van der Waals surface area (Å²) in [5, 5.41) is 2.89. The Labute approximate surface area is 149 Å². The second-order valence-electron chi connectivity index (χ2n) is 7.46. The molecule has 1 fully saturated rings. The van der Waals surface area contributed by atoms with Gasteiger partial charge in [-0.05, 0) is 40.0 Å². The van der Waals surface area contributed by atoms with Crippen LogP contribution in [-0.4, -0.2) is 45.1 Å². The summed E-state index contributed by atoms with van der Waals surface area (Å²) in [7, 11) is 0. The second-order valence-corrected chi connectivity index (χ2v) is 7.46. The van der Waals surface area contributed by atoms with Crippen LogP contribution in [0.3, 0.4) is 0 Å². The van der Waals surface area contributed by atoms with E-state index >= 15 is 0 Å². The van der Waals surface area contributed by atoms with Crippen LogP contribution in [-0.2, 0) is 16.1 Å². The molecular weight excluding hydrogens is 320 g/mol. The molecular formula is C18H30N4O3. The summed E-state index contributed by atoms with van der Waals surface area (Å²) < 4.78 is 7.28. The molecule has 25 heavy (non-hydrogen) atoms. The lowest BCUT2D eigenvalue weighted by Crippen LogP contribution is -2.35. The van der Waals surface area contributed by atoms with Gasteiger partial charge >= 0.3 is 6.09 Å². The van der Waals surface area contributed by atoms with Crippen LogP contribution in [0.2, 0.25) is 0 Å². The number of ether oxygens (including phenoxy) is 1. The van der Waals surface area contributed by atoms with Crippen molar-refractivity contribution in [2.24, 2.45) is 0 Å². The van der Waals surface area contributed by atoms with E-state index in [9.17, 15) is 9.59 Å². The number of amides is 2. The predicted octanol–water partition coefficient (Wildman–Crippen LogP) is 2.87. The van der Waals surface area contributed by atoms with E-state index in [4.69, 9.17) is 4.74 Å². The Kier molecular flexibility index (Phi) is 6.45. The fraction of sp³-hybridized carbons (Fsp3) is 0.722. The van der Waals surface area contributed by atoms with E-state index in [0.717, 1.165) is 31.6 Å². The average Bonchev–Trinajstić information content (AvgIpc) is 3.19. The fourth-order valence-corrected chi connectivity index (χ4v) is 2.98. The highest BCUT2D eigenvalue weighted by Gasteiger charge is 2.22. The molecule has 1 aromatic heterocycles. The van der Waals surface area contributed by atoms with E-state index in [-0.39, 0.29) is 11.9 Å². The van der Waals surface area contributed by atoms with E-state index < -0.39 is 11.7 Å². The summed E-state index contributed by atoms with van der Waals surface area (Å²) in [6, 6.07) is -0.195. The number of carbonyl (C=O) groups excluding carboxylic acids is 2. The van der Waals surface area contributed by atoms with Crippen LogP contribution < -0.4 is 5.32 Å². The number of aromatic nitrogens is 2. The standard InChI is InChI=1S/C18H30N4O3/c1-5-14(20-17(24)25-18(2,3)4)15-12-19-13-22(15)11-8-16(23)21-9-6-7-10-21/h12-14H,5-11H2,1-4H3,(H,20,24)/t14-/m1/s1. The fourth-order valence-electron chi connectivity index (χ4n) is 2.98. The van der Waals surface area contributed by atoms with Crippen molar-refractivity contribution in [2.75, 3.05) is 13.1 Å². The number of likely N-dealkylation sites (tertiary alicyclic amines) is 1. The van der Waals surface area contributed by atoms with Crippen LogP contribution in [0.4, 0.5) is 4.79 Å². The van der Waals surface area contributed by atoms with Crippen molar-refractivity contribution in [2.45, 2.75) is 71.6 Å². The van der Waals surface area contributed by atoms with Gasteiger partial charge in [0.2, 0.25) is 5.91 Å². The van der Waals surface area contributed by atoms with Crippen LogP contribution in [0.1, 0.15) is 65.1 Å². The number of imidazole rings is 1. The predicted molar refractivity (Wildman–Crippen MR) is 95.1 cm³/mol. The quantitative estimate of drug-likeness (QED) is 0.856. The van der Waals surface area contributed by atoms with Gasteiger partial charge in [-0.3, -0.25) is 4.79 Å². The average molecular weight is 350 g/mol. The monoisotopic (exact) mass is 350 g/mol. The van der Waals surface area contributed by atoms with E-state index in [1.54, 1.807) is 12.5 Å². The molecule has 0 bridgehead atoms. The molecule has 2 rings (SSSR count). The van der Waals surface area contributed by atoms with Crippen LogP contribution in [0, 0.1) is 0 Å². The number of hydrogen-bond donors (Lipinski definition) is 1. The van der Waals surface area contributed by atoms with Crippen molar-refractivity contribution in [3.8, 4) is 0 Å². The molecule has 0 radical (unpaired) electrons. The van der Waals surface area contributed by atoms with Gasteiger partial charge in [0.05, 0.1) is 24.3 Å². The van der Waals surface area contributed by atoms with Crippen molar-refractivity contribution in [3.63, 3.8) is 0 Å². The zero-order chi connectivity index (χ0) is 18.4. The third-order valence-corrected chi connectivity index (χ3v) is 4.23. The van der Waals surface area contributed by atoms with Crippen LogP contribution in [0.15, 0.2) is 12.5 Å². The summed E-state index contributed by atoms with van der Waals surface area (Å²) >= 11 is 0. The molecule has 7 nitrogen and oxygen atoms in total. The molecule has 0 aliphatic carbocycles. The first-order valence-corrected chi connectivity index (χ1v) is 9.07. The van der Waals surface area contributed by atoms with Crippen LogP contribution in [0.5, 0.6) is 0 Å². The number of nitrogens with zero attached hydrogens (tertiary/aromatic N) is 3. The van der Waals surface area contributed by atoms with Gasteiger partial charge in [-0.25, -0.2) is 9.78 Å².